The van der Waals surface area contributed by atoms with Crippen molar-refractivity contribution in [2.45, 2.75) is 6.92 Å². The molecule has 0 unspecified atom stereocenters. The van der Waals surface area contributed by atoms with Crippen LogP contribution in [0.5, 0.6) is 11.5 Å². The smallest absolute Gasteiger partial charge is 0.179 e. The van der Waals surface area contributed by atoms with Gasteiger partial charge in [0.2, 0.25) is 0 Å². The van der Waals surface area contributed by atoms with Gasteiger partial charge in [-0.3, -0.25) is 0 Å². The molecule has 0 saturated carbocycles. The number of halogens is 1. The van der Waals surface area contributed by atoms with Crippen molar-refractivity contribution in [3.05, 3.63) is 40.9 Å². The van der Waals surface area contributed by atoms with Crippen LogP contribution >= 0.6 is 11.6 Å². The number of fused-ring (bicyclic) bond motifs is 1. The van der Waals surface area contributed by atoms with Crippen molar-refractivity contribution in [1.82, 2.24) is 10.3 Å². The van der Waals surface area contributed by atoms with Crippen LogP contribution in [0.15, 0.2) is 35.0 Å². The molecule has 96 valence electrons. The molecule has 2 N–H and O–H groups in total. The summed E-state index contributed by atoms with van der Waals surface area (Å²) in [6.07, 6.45) is 0. The number of nitrogen functional groups attached to an aromatic ring is 1. The third-order valence-corrected chi connectivity index (χ3v) is 3.01. The van der Waals surface area contributed by atoms with E-state index in [0.717, 1.165) is 5.56 Å². The summed E-state index contributed by atoms with van der Waals surface area (Å²) in [7, 11) is 0. The van der Waals surface area contributed by atoms with Crippen LogP contribution in [0.1, 0.15) is 5.56 Å². The van der Waals surface area contributed by atoms with E-state index in [2.05, 4.69) is 10.3 Å². The Morgan fingerprint density at radius 3 is 2.74 bits per heavy atom. The molecule has 0 aliphatic carbocycles. The largest absolute Gasteiger partial charge is 0.455 e. The summed E-state index contributed by atoms with van der Waals surface area (Å²) in [4.78, 5) is 0. The zero-order chi connectivity index (χ0) is 13.4. The summed E-state index contributed by atoms with van der Waals surface area (Å²) in [6, 6.07) is 8.85. The first kappa shape index (κ1) is 11.8. The predicted octanol–water partition coefficient (Wildman–Crippen LogP) is 3.56. The van der Waals surface area contributed by atoms with E-state index in [1.807, 2.05) is 13.0 Å². The fraction of sp³-hybridized carbons (Fsp3) is 0.0769. The topological polar surface area (TPSA) is 74.2 Å². The first-order valence-corrected chi connectivity index (χ1v) is 5.97. The van der Waals surface area contributed by atoms with Gasteiger partial charge in [-0.2, -0.15) is 0 Å². The molecule has 3 rings (SSSR count). The molecule has 0 amide bonds. The van der Waals surface area contributed by atoms with E-state index in [1.165, 1.54) is 0 Å². The van der Waals surface area contributed by atoms with E-state index in [-0.39, 0.29) is 0 Å². The monoisotopic (exact) mass is 275 g/mol. The van der Waals surface area contributed by atoms with Gasteiger partial charge in [-0.1, -0.05) is 17.7 Å². The summed E-state index contributed by atoms with van der Waals surface area (Å²) in [5.74, 6) is 1.18. The molecule has 0 fully saturated rings. The first-order valence-electron chi connectivity index (χ1n) is 5.60. The Labute approximate surface area is 113 Å². The van der Waals surface area contributed by atoms with Crippen LogP contribution in [0.3, 0.4) is 0 Å². The zero-order valence-corrected chi connectivity index (χ0v) is 10.8. The van der Waals surface area contributed by atoms with E-state index in [4.69, 9.17) is 26.7 Å². The SMILES string of the molecule is Cc1ccc(Cl)cc1Oc1ccc(N)c2nonc12. The summed E-state index contributed by atoms with van der Waals surface area (Å²) >= 11 is 5.96. The second kappa shape index (κ2) is 4.44. The second-order valence-electron chi connectivity index (χ2n) is 4.13. The Balaban J connectivity index is 2.08. The maximum Gasteiger partial charge on any atom is 0.179 e. The van der Waals surface area contributed by atoms with Crippen molar-refractivity contribution in [3.8, 4) is 11.5 Å². The molecule has 1 heterocycles. The van der Waals surface area contributed by atoms with Crippen molar-refractivity contribution in [1.29, 1.82) is 0 Å². The lowest BCUT2D eigenvalue weighted by molar-refractivity contribution is 0.314. The van der Waals surface area contributed by atoms with Crippen molar-refractivity contribution in [3.63, 3.8) is 0 Å². The maximum atomic E-state index is 5.96. The molecule has 0 aliphatic heterocycles. The van der Waals surface area contributed by atoms with Crippen molar-refractivity contribution >= 4 is 28.3 Å². The second-order valence-corrected chi connectivity index (χ2v) is 4.56. The number of aromatic nitrogens is 2. The third-order valence-electron chi connectivity index (χ3n) is 2.78. The average molecular weight is 276 g/mol. The van der Waals surface area contributed by atoms with E-state index in [0.29, 0.717) is 33.2 Å². The highest BCUT2D eigenvalue weighted by molar-refractivity contribution is 6.30. The Bertz CT molecular complexity index is 755. The lowest BCUT2D eigenvalue weighted by Gasteiger charge is -2.09. The van der Waals surface area contributed by atoms with Crippen LogP contribution < -0.4 is 10.5 Å². The number of benzene rings is 2. The maximum absolute atomic E-state index is 5.96. The number of hydrogen-bond acceptors (Lipinski definition) is 5. The van der Waals surface area contributed by atoms with Gasteiger partial charge in [0.25, 0.3) is 0 Å². The molecule has 0 bridgehead atoms. The summed E-state index contributed by atoms with van der Waals surface area (Å²) in [5.41, 5.74) is 8.20. The molecule has 0 saturated heterocycles. The van der Waals surface area contributed by atoms with Gasteiger partial charge in [0.1, 0.15) is 5.75 Å². The standard InChI is InChI=1S/C13H10ClN3O2/c1-7-2-3-8(14)6-11(7)18-10-5-4-9(15)12-13(10)17-19-16-12/h2-6H,15H2,1H3. The number of rotatable bonds is 2. The molecular formula is C13H10ClN3O2. The molecule has 0 aliphatic rings. The predicted molar refractivity (Wildman–Crippen MR) is 72.5 cm³/mol. The van der Waals surface area contributed by atoms with E-state index >= 15 is 0 Å². The van der Waals surface area contributed by atoms with Gasteiger partial charge >= 0.3 is 0 Å². The van der Waals surface area contributed by atoms with Crippen LogP contribution in [0.2, 0.25) is 5.02 Å². The van der Waals surface area contributed by atoms with Crippen LogP contribution in [-0.2, 0) is 0 Å². The Morgan fingerprint density at radius 1 is 1.11 bits per heavy atom. The number of nitrogens with two attached hydrogens (primary N) is 1. The normalized spacial score (nSPS) is 10.8. The summed E-state index contributed by atoms with van der Waals surface area (Å²) in [6.45, 7) is 1.93. The molecule has 19 heavy (non-hydrogen) atoms. The quantitative estimate of drug-likeness (QED) is 0.724. The molecule has 2 aromatic carbocycles. The molecule has 0 spiro atoms. The zero-order valence-electron chi connectivity index (χ0n) is 10.1. The fourth-order valence-corrected chi connectivity index (χ4v) is 1.91. The van der Waals surface area contributed by atoms with Gasteiger partial charge in [0, 0.05) is 5.02 Å². The molecule has 3 aromatic rings. The van der Waals surface area contributed by atoms with Gasteiger partial charge in [-0.25, -0.2) is 4.63 Å². The average Bonchev–Trinajstić information content (AvgIpc) is 2.87. The Kier molecular flexibility index (Phi) is 2.76. The van der Waals surface area contributed by atoms with Gasteiger partial charge in [-0.05, 0) is 47.1 Å². The summed E-state index contributed by atoms with van der Waals surface area (Å²) in [5, 5.41) is 8.15. The molecule has 0 radical (unpaired) electrons. The van der Waals surface area contributed by atoms with Crippen LogP contribution in [0, 0.1) is 6.92 Å². The fourth-order valence-electron chi connectivity index (χ4n) is 1.75. The van der Waals surface area contributed by atoms with Gasteiger partial charge in [0.05, 0.1) is 5.69 Å². The lowest BCUT2D eigenvalue weighted by Crippen LogP contribution is -1.91. The first-order chi connectivity index (χ1) is 9.15. The number of hydrogen-bond donors (Lipinski definition) is 1. The number of ether oxygens (including phenoxy) is 1. The molecule has 5 nitrogen and oxygen atoms in total. The van der Waals surface area contributed by atoms with Gasteiger partial charge in [0.15, 0.2) is 16.8 Å². The van der Waals surface area contributed by atoms with E-state index < -0.39 is 0 Å². The van der Waals surface area contributed by atoms with Crippen molar-refractivity contribution in [2.75, 3.05) is 5.73 Å². The lowest BCUT2D eigenvalue weighted by atomic mass is 10.2. The van der Waals surface area contributed by atoms with Crippen molar-refractivity contribution in [2.24, 2.45) is 0 Å². The number of anilines is 1. The highest BCUT2D eigenvalue weighted by Crippen LogP contribution is 2.33. The number of nitrogens with zero attached hydrogens (tertiary/aromatic N) is 2. The minimum atomic E-state index is 0.484. The highest BCUT2D eigenvalue weighted by Gasteiger charge is 2.12. The molecule has 1 aromatic heterocycles. The Morgan fingerprint density at radius 2 is 1.89 bits per heavy atom. The minimum absolute atomic E-state index is 0.484. The van der Waals surface area contributed by atoms with E-state index in [9.17, 15) is 0 Å². The van der Waals surface area contributed by atoms with Crippen LogP contribution in [-0.4, -0.2) is 10.3 Å². The van der Waals surface area contributed by atoms with E-state index in [1.54, 1.807) is 24.3 Å². The van der Waals surface area contributed by atoms with Crippen molar-refractivity contribution < 1.29 is 9.37 Å². The van der Waals surface area contributed by atoms with Gasteiger partial charge < -0.3 is 10.5 Å². The molecule has 6 heteroatoms. The Hall–Kier alpha value is -2.27. The van der Waals surface area contributed by atoms with Crippen LogP contribution in [0.25, 0.3) is 11.0 Å². The highest BCUT2D eigenvalue weighted by atomic mass is 35.5. The van der Waals surface area contributed by atoms with Crippen LogP contribution in [0.4, 0.5) is 5.69 Å². The van der Waals surface area contributed by atoms with Gasteiger partial charge in [-0.15, -0.1) is 0 Å². The summed E-state index contributed by atoms with van der Waals surface area (Å²) < 4.78 is 10.5. The molecular weight excluding hydrogens is 266 g/mol. The third kappa shape index (κ3) is 2.08. The molecule has 0 atom stereocenters. The number of aryl methyl sites for hydroxylation is 1. The minimum Gasteiger partial charge on any atom is -0.455 e.